The standard InChI is InChI=1S/C8H15N.ClH/c1-2-3-8-4-6-9-7-5-8;/h2-3,8-9H,4-7H2,1H3;1H/b3-2+;. The molecular weight excluding hydrogens is 146 g/mol. The number of piperidine rings is 1. The summed E-state index contributed by atoms with van der Waals surface area (Å²) < 4.78 is 0. The minimum atomic E-state index is 0. The molecule has 10 heavy (non-hydrogen) atoms. The Balaban J connectivity index is 0.000000810. The smallest absolute Gasteiger partial charge is 0.00433 e. The molecule has 0 aromatic carbocycles. The van der Waals surface area contributed by atoms with Gasteiger partial charge < -0.3 is 5.32 Å². The van der Waals surface area contributed by atoms with E-state index in [9.17, 15) is 0 Å². The number of hydrogen-bond acceptors (Lipinski definition) is 1. The van der Waals surface area contributed by atoms with Crippen LogP contribution in [-0.4, -0.2) is 13.1 Å². The van der Waals surface area contributed by atoms with Crippen molar-refractivity contribution in [1.82, 2.24) is 5.32 Å². The summed E-state index contributed by atoms with van der Waals surface area (Å²) in [6.07, 6.45) is 7.13. The first-order chi connectivity index (χ1) is 4.43. The van der Waals surface area contributed by atoms with Crippen molar-refractivity contribution >= 4 is 12.4 Å². The molecule has 60 valence electrons. The maximum absolute atomic E-state index is 3.34. The average molecular weight is 162 g/mol. The van der Waals surface area contributed by atoms with Gasteiger partial charge in [-0.05, 0) is 38.8 Å². The number of rotatable bonds is 1. The molecule has 1 heterocycles. The van der Waals surface area contributed by atoms with E-state index in [1.165, 1.54) is 25.9 Å². The van der Waals surface area contributed by atoms with Gasteiger partial charge in [-0.2, -0.15) is 0 Å². The van der Waals surface area contributed by atoms with Gasteiger partial charge in [0.1, 0.15) is 0 Å². The van der Waals surface area contributed by atoms with Crippen molar-refractivity contribution in [3.63, 3.8) is 0 Å². The number of halogens is 1. The van der Waals surface area contributed by atoms with Gasteiger partial charge >= 0.3 is 0 Å². The Morgan fingerprint density at radius 2 is 1.90 bits per heavy atom. The third-order valence-electron chi connectivity index (χ3n) is 1.85. The predicted octanol–water partition coefficient (Wildman–Crippen LogP) is 1.98. The summed E-state index contributed by atoms with van der Waals surface area (Å²) >= 11 is 0. The van der Waals surface area contributed by atoms with Crippen molar-refractivity contribution in [3.05, 3.63) is 12.2 Å². The van der Waals surface area contributed by atoms with Crippen LogP contribution in [0.15, 0.2) is 12.2 Å². The van der Waals surface area contributed by atoms with E-state index in [-0.39, 0.29) is 12.4 Å². The van der Waals surface area contributed by atoms with Crippen LogP contribution in [0.1, 0.15) is 19.8 Å². The Kier molecular flexibility index (Phi) is 5.74. The molecule has 1 nitrogen and oxygen atoms in total. The van der Waals surface area contributed by atoms with E-state index in [4.69, 9.17) is 0 Å². The van der Waals surface area contributed by atoms with Gasteiger partial charge in [-0.15, -0.1) is 12.4 Å². The second-order valence-corrected chi connectivity index (χ2v) is 2.61. The lowest BCUT2D eigenvalue weighted by Gasteiger charge is -2.18. The van der Waals surface area contributed by atoms with E-state index in [1.807, 2.05) is 0 Å². The van der Waals surface area contributed by atoms with E-state index in [2.05, 4.69) is 24.4 Å². The van der Waals surface area contributed by atoms with E-state index in [0.29, 0.717) is 0 Å². The molecule has 0 saturated carbocycles. The van der Waals surface area contributed by atoms with Gasteiger partial charge in [0.2, 0.25) is 0 Å². The molecule has 0 radical (unpaired) electrons. The van der Waals surface area contributed by atoms with Gasteiger partial charge in [0, 0.05) is 0 Å². The van der Waals surface area contributed by atoms with E-state index in [1.54, 1.807) is 0 Å². The lowest BCUT2D eigenvalue weighted by molar-refractivity contribution is 0.436. The van der Waals surface area contributed by atoms with Gasteiger partial charge in [-0.3, -0.25) is 0 Å². The minimum absolute atomic E-state index is 0. The molecule has 0 spiro atoms. The first-order valence-corrected chi connectivity index (χ1v) is 3.77. The van der Waals surface area contributed by atoms with Crippen LogP contribution in [-0.2, 0) is 0 Å². The molecule has 0 atom stereocenters. The number of hydrogen-bond donors (Lipinski definition) is 1. The zero-order chi connectivity index (χ0) is 6.53. The highest BCUT2D eigenvalue weighted by Gasteiger charge is 2.07. The Labute approximate surface area is 69.3 Å². The van der Waals surface area contributed by atoms with Crippen molar-refractivity contribution in [2.24, 2.45) is 5.92 Å². The summed E-state index contributed by atoms with van der Waals surface area (Å²) in [5.41, 5.74) is 0. The van der Waals surface area contributed by atoms with Crippen LogP contribution < -0.4 is 5.32 Å². The second-order valence-electron chi connectivity index (χ2n) is 2.61. The molecule has 0 amide bonds. The molecule has 1 rings (SSSR count). The van der Waals surface area contributed by atoms with E-state index < -0.39 is 0 Å². The van der Waals surface area contributed by atoms with Crippen LogP contribution in [0.2, 0.25) is 0 Å². The molecule has 1 aliphatic rings. The SMILES string of the molecule is C/C=C/C1CCNCC1.Cl. The molecule has 0 aromatic heterocycles. The van der Waals surface area contributed by atoms with Gasteiger partial charge in [0.15, 0.2) is 0 Å². The van der Waals surface area contributed by atoms with Crippen LogP contribution in [0.3, 0.4) is 0 Å². The molecule has 1 N–H and O–H groups in total. The topological polar surface area (TPSA) is 12.0 Å². The quantitative estimate of drug-likeness (QED) is 0.580. The fraction of sp³-hybridized carbons (Fsp3) is 0.750. The first-order valence-electron chi connectivity index (χ1n) is 3.77. The van der Waals surface area contributed by atoms with Crippen molar-refractivity contribution in [3.8, 4) is 0 Å². The predicted molar refractivity (Wildman–Crippen MR) is 47.7 cm³/mol. The zero-order valence-electron chi connectivity index (χ0n) is 6.47. The molecule has 0 aliphatic carbocycles. The molecule has 0 aromatic rings. The third kappa shape index (κ3) is 3.23. The van der Waals surface area contributed by atoms with Crippen LogP contribution >= 0.6 is 12.4 Å². The van der Waals surface area contributed by atoms with Crippen molar-refractivity contribution in [2.75, 3.05) is 13.1 Å². The molecular formula is C8H16ClN. The Hall–Kier alpha value is -0.0100. The summed E-state index contributed by atoms with van der Waals surface area (Å²) in [5, 5.41) is 3.34. The summed E-state index contributed by atoms with van der Waals surface area (Å²) in [5.74, 6) is 0.858. The maximum Gasteiger partial charge on any atom is -0.00433 e. The monoisotopic (exact) mass is 161 g/mol. The highest BCUT2D eigenvalue weighted by molar-refractivity contribution is 5.85. The molecule has 0 unspecified atom stereocenters. The van der Waals surface area contributed by atoms with Gasteiger partial charge in [0.25, 0.3) is 0 Å². The first kappa shape index (κ1) is 9.99. The van der Waals surface area contributed by atoms with Crippen molar-refractivity contribution in [2.45, 2.75) is 19.8 Å². The third-order valence-corrected chi connectivity index (χ3v) is 1.85. The van der Waals surface area contributed by atoms with Crippen molar-refractivity contribution < 1.29 is 0 Å². The van der Waals surface area contributed by atoms with Crippen LogP contribution in [0.4, 0.5) is 0 Å². The van der Waals surface area contributed by atoms with Crippen molar-refractivity contribution in [1.29, 1.82) is 0 Å². The van der Waals surface area contributed by atoms with Gasteiger partial charge in [0.05, 0.1) is 0 Å². The van der Waals surface area contributed by atoms with Crippen LogP contribution in [0.25, 0.3) is 0 Å². The van der Waals surface area contributed by atoms with Crippen LogP contribution in [0, 0.1) is 5.92 Å². The summed E-state index contributed by atoms with van der Waals surface area (Å²) in [7, 11) is 0. The fourth-order valence-electron chi connectivity index (χ4n) is 1.31. The fourth-order valence-corrected chi connectivity index (χ4v) is 1.31. The number of nitrogens with one attached hydrogen (secondary N) is 1. The molecule has 1 saturated heterocycles. The molecule has 1 aliphatic heterocycles. The Morgan fingerprint density at radius 1 is 1.30 bits per heavy atom. The van der Waals surface area contributed by atoms with E-state index >= 15 is 0 Å². The highest BCUT2D eigenvalue weighted by atomic mass is 35.5. The summed E-state index contributed by atoms with van der Waals surface area (Å²) in [4.78, 5) is 0. The zero-order valence-corrected chi connectivity index (χ0v) is 7.29. The summed E-state index contributed by atoms with van der Waals surface area (Å²) in [6, 6.07) is 0. The van der Waals surface area contributed by atoms with Gasteiger partial charge in [-0.25, -0.2) is 0 Å². The largest absolute Gasteiger partial charge is 0.317 e. The van der Waals surface area contributed by atoms with E-state index in [0.717, 1.165) is 5.92 Å². The Morgan fingerprint density at radius 3 is 2.40 bits per heavy atom. The lowest BCUT2D eigenvalue weighted by Crippen LogP contribution is -2.26. The number of allylic oxidation sites excluding steroid dienone is 2. The Bertz CT molecular complexity index is 95.4. The molecule has 0 bridgehead atoms. The second kappa shape index (κ2) is 5.75. The maximum atomic E-state index is 3.34. The van der Waals surface area contributed by atoms with Gasteiger partial charge in [-0.1, -0.05) is 12.2 Å². The normalized spacial score (nSPS) is 20.9. The highest BCUT2D eigenvalue weighted by Crippen LogP contribution is 2.11. The molecule has 1 fully saturated rings. The van der Waals surface area contributed by atoms with Crippen LogP contribution in [0.5, 0.6) is 0 Å². The molecule has 2 heteroatoms. The average Bonchev–Trinajstić information content (AvgIpc) is 1.91. The summed E-state index contributed by atoms with van der Waals surface area (Å²) in [6.45, 7) is 4.51. The minimum Gasteiger partial charge on any atom is -0.317 e. The lowest BCUT2D eigenvalue weighted by atomic mass is 9.98.